The molecule has 0 bridgehead atoms. The van der Waals surface area contributed by atoms with E-state index in [1.807, 2.05) is 0 Å². The summed E-state index contributed by atoms with van der Waals surface area (Å²) in [5, 5.41) is 0.508. The molecule has 24 heavy (non-hydrogen) atoms. The minimum atomic E-state index is -3.72. The maximum Gasteiger partial charge on any atom is 0.243 e. The maximum absolute atomic E-state index is 12.6. The molecule has 1 aromatic carbocycles. The molecule has 1 fully saturated rings. The van der Waals surface area contributed by atoms with E-state index >= 15 is 0 Å². The largest absolute Gasteiger partial charge is 0.341 e. The molecule has 134 valence electrons. The summed E-state index contributed by atoms with van der Waals surface area (Å²) >= 11 is 18.0. The van der Waals surface area contributed by atoms with Crippen molar-refractivity contribution in [2.45, 2.75) is 19.8 Å². The molecule has 1 aromatic rings. The molecular formula is C15H19Cl3N2O3S. The van der Waals surface area contributed by atoms with Crippen molar-refractivity contribution in [1.82, 2.24) is 4.90 Å². The van der Waals surface area contributed by atoms with E-state index in [4.69, 9.17) is 34.8 Å². The van der Waals surface area contributed by atoms with Gasteiger partial charge in [0.1, 0.15) is 6.54 Å². The third kappa shape index (κ3) is 4.69. The zero-order chi connectivity index (χ0) is 18.1. The average molecular weight is 414 g/mol. The number of anilines is 1. The summed E-state index contributed by atoms with van der Waals surface area (Å²) in [6.07, 6.45) is 3.01. The first-order valence-corrected chi connectivity index (χ1v) is 10.5. The molecule has 1 saturated heterocycles. The highest BCUT2D eigenvalue weighted by Gasteiger charge is 2.28. The first-order chi connectivity index (χ1) is 11.1. The topological polar surface area (TPSA) is 57.7 Å². The monoisotopic (exact) mass is 412 g/mol. The van der Waals surface area contributed by atoms with Crippen LogP contribution in [0.25, 0.3) is 0 Å². The van der Waals surface area contributed by atoms with E-state index in [0.29, 0.717) is 19.0 Å². The van der Waals surface area contributed by atoms with Crippen LogP contribution in [0, 0.1) is 5.92 Å². The summed E-state index contributed by atoms with van der Waals surface area (Å²) < 4.78 is 25.3. The second-order valence-electron chi connectivity index (χ2n) is 6.07. The second kappa shape index (κ2) is 7.68. The third-order valence-electron chi connectivity index (χ3n) is 3.95. The van der Waals surface area contributed by atoms with E-state index in [2.05, 4.69) is 6.92 Å². The van der Waals surface area contributed by atoms with Crippen LogP contribution in [0.1, 0.15) is 19.8 Å². The van der Waals surface area contributed by atoms with Crippen LogP contribution in [0.2, 0.25) is 15.1 Å². The van der Waals surface area contributed by atoms with Gasteiger partial charge in [0.05, 0.1) is 27.0 Å². The fourth-order valence-corrected chi connectivity index (χ4v) is 4.27. The number of halogens is 3. The van der Waals surface area contributed by atoms with Gasteiger partial charge in [-0.05, 0) is 30.9 Å². The van der Waals surface area contributed by atoms with Crippen LogP contribution in [-0.4, -0.2) is 45.1 Å². The lowest BCUT2D eigenvalue weighted by Crippen LogP contribution is -2.46. The molecule has 2 rings (SSSR count). The number of nitrogens with zero attached hydrogens (tertiary/aromatic N) is 2. The van der Waals surface area contributed by atoms with Gasteiger partial charge >= 0.3 is 0 Å². The summed E-state index contributed by atoms with van der Waals surface area (Å²) in [6.45, 7) is 3.02. The van der Waals surface area contributed by atoms with E-state index < -0.39 is 10.0 Å². The summed E-state index contributed by atoms with van der Waals surface area (Å²) in [6, 6.07) is 2.73. The van der Waals surface area contributed by atoms with Gasteiger partial charge in [-0.1, -0.05) is 41.7 Å². The van der Waals surface area contributed by atoms with Crippen molar-refractivity contribution < 1.29 is 13.2 Å². The Labute approximate surface area is 157 Å². The van der Waals surface area contributed by atoms with Crippen LogP contribution in [0.3, 0.4) is 0 Å². The smallest absolute Gasteiger partial charge is 0.243 e. The van der Waals surface area contributed by atoms with E-state index in [-0.39, 0.29) is 33.2 Å². The van der Waals surface area contributed by atoms with Crippen molar-refractivity contribution in [2.24, 2.45) is 5.92 Å². The number of rotatable bonds is 4. The summed E-state index contributed by atoms with van der Waals surface area (Å²) in [4.78, 5) is 14.2. The molecular weight excluding hydrogens is 395 g/mol. The van der Waals surface area contributed by atoms with Gasteiger partial charge in [0.15, 0.2) is 0 Å². The molecule has 0 radical (unpaired) electrons. The van der Waals surface area contributed by atoms with Gasteiger partial charge in [-0.25, -0.2) is 8.42 Å². The summed E-state index contributed by atoms with van der Waals surface area (Å²) in [5.41, 5.74) is 0.145. The fraction of sp³-hybridized carbons (Fsp3) is 0.533. The highest BCUT2D eigenvalue weighted by molar-refractivity contribution is 7.92. The molecule has 5 nitrogen and oxygen atoms in total. The Morgan fingerprint density at radius 1 is 1.25 bits per heavy atom. The lowest BCUT2D eigenvalue weighted by molar-refractivity contribution is -0.131. The van der Waals surface area contributed by atoms with Gasteiger partial charge in [-0.2, -0.15) is 0 Å². The van der Waals surface area contributed by atoms with Crippen molar-refractivity contribution in [3.8, 4) is 0 Å². The Hall–Kier alpha value is -0.690. The lowest BCUT2D eigenvalue weighted by Gasteiger charge is -2.33. The number of sulfonamides is 1. The van der Waals surface area contributed by atoms with Crippen molar-refractivity contribution in [3.05, 3.63) is 27.2 Å². The van der Waals surface area contributed by atoms with Crippen molar-refractivity contribution in [2.75, 3.05) is 30.2 Å². The third-order valence-corrected chi connectivity index (χ3v) is 6.10. The lowest BCUT2D eigenvalue weighted by atomic mass is 10.0. The van der Waals surface area contributed by atoms with Crippen molar-refractivity contribution >= 4 is 56.4 Å². The normalized spacial score (nSPS) is 18.5. The molecule has 0 aromatic heterocycles. The molecule has 1 aliphatic heterocycles. The molecule has 0 unspecified atom stereocenters. The van der Waals surface area contributed by atoms with Crippen LogP contribution in [0.4, 0.5) is 5.69 Å². The first kappa shape index (κ1) is 19.6. The SMILES string of the molecule is C[C@@H]1CCCN(C(=O)CN(c2cc(Cl)c(Cl)cc2Cl)S(C)(=O)=O)C1. The average Bonchev–Trinajstić information content (AvgIpc) is 2.47. The van der Waals surface area contributed by atoms with Crippen LogP contribution < -0.4 is 4.31 Å². The number of likely N-dealkylation sites (tertiary alicyclic amines) is 1. The number of piperidine rings is 1. The van der Waals surface area contributed by atoms with Gasteiger partial charge in [-0.15, -0.1) is 0 Å². The van der Waals surface area contributed by atoms with Gasteiger partial charge in [0.2, 0.25) is 15.9 Å². The molecule has 1 aliphatic rings. The van der Waals surface area contributed by atoms with Gasteiger partial charge in [0, 0.05) is 13.1 Å². The quantitative estimate of drug-likeness (QED) is 0.708. The number of benzene rings is 1. The molecule has 0 aliphatic carbocycles. The minimum Gasteiger partial charge on any atom is -0.341 e. The maximum atomic E-state index is 12.6. The van der Waals surface area contributed by atoms with Gasteiger partial charge < -0.3 is 4.90 Å². The number of hydrogen-bond acceptors (Lipinski definition) is 3. The number of hydrogen-bond donors (Lipinski definition) is 0. The van der Waals surface area contributed by atoms with E-state index in [1.165, 1.54) is 12.1 Å². The van der Waals surface area contributed by atoms with Crippen LogP contribution in [0.5, 0.6) is 0 Å². The van der Waals surface area contributed by atoms with E-state index in [1.54, 1.807) is 4.90 Å². The predicted molar refractivity (Wildman–Crippen MR) is 98.6 cm³/mol. The first-order valence-electron chi connectivity index (χ1n) is 7.49. The fourth-order valence-electron chi connectivity index (χ4n) is 2.72. The van der Waals surface area contributed by atoms with Crippen molar-refractivity contribution in [1.29, 1.82) is 0 Å². The van der Waals surface area contributed by atoms with E-state index in [9.17, 15) is 13.2 Å². The van der Waals surface area contributed by atoms with E-state index in [0.717, 1.165) is 23.4 Å². The summed E-state index contributed by atoms with van der Waals surface area (Å²) in [7, 11) is -3.72. The summed E-state index contributed by atoms with van der Waals surface area (Å²) in [5.74, 6) is 0.150. The van der Waals surface area contributed by atoms with Crippen molar-refractivity contribution in [3.63, 3.8) is 0 Å². The number of carbonyl (C=O) groups is 1. The van der Waals surface area contributed by atoms with Crippen LogP contribution in [0.15, 0.2) is 12.1 Å². The zero-order valence-electron chi connectivity index (χ0n) is 13.4. The molecule has 1 heterocycles. The van der Waals surface area contributed by atoms with Crippen LogP contribution >= 0.6 is 34.8 Å². The molecule has 0 spiro atoms. The Morgan fingerprint density at radius 3 is 2.46 bits per heavy atom. The molecule has 9 heteroatoms. The Balaban J connectivity index is 2.30. The standard InChI is InChI=1S/C15H19Cl3N2O3S/c1-10-4-3-5-19(8-10)15(21)9-20(24(2,22)23)14-7-12(17)11(16)6-13(14)18/h6-7,10H,3-5,8-9H2,1-2H3/t10-/m1/s1. The minimum absolute atomic E-state index is 0.120. The molecule has 0 saturated carbocycles. The highest BCUT2D eigenvalue weighted by atomic mass is 35.5. The van der Waals surface area contributed by atoms with Gasteiger partial charge in [-0.3, -0.25) is 9.10 Å². The molecule has 1 atom stereocenters. The molecule has 1 amide bonds. The zero-order valence-corrected chi connectivity index (χ0v) is 16.5. The van der Waals surface area contributed by atoms with Crippen LogP contribution in [-0.2, 0) is 14.8 Å². The Morgan fingerprint density at radius 2 is 1.88 bits per heavy atom. The Kier molecular flexibility index (Phi) is 6.29. The predicted octanol–water partition coefficient (Wildman–Crippen LogP) is 3.67. The highest BCUT2D eigenvalue weighted by Crippen LogP contribution is 2.35. The van der Waals surface area contributed by atoms with Gasteiger partial charge in [0.25, 0.3) is 0 Å². The second-order valence-corrected chi connectivity index (χ2v) is 9.20. The Bertz CT molecular complexity index is 740. The number of carbonyl (C=O) groups excluding carboxylic acids is 1. The molecule has 0 N–H and O–H groups in total. The number of amides is 1.